The maximum Gasteiger partial charge on any atom is 0.272 e. The Labute approximate surface area is 203 Å². The van der Waals surface area contributed by atoms with Gasteiger partial charge in [-0.05, 0) is 36.6 Å². The zero-order valence-electron chi connectivity index (χ0n) is 18.2. The Bertz CT molecular complexity index is 1180. The molecule has 3 heterocycles. The molecule has 0 saturated carbocycles. The number of morpholine rings is 1. The number of nitrogens with one attached hydrogen (secondary N) is 1. The van der Waals surface area contributed by atoms with Gasteiger partial charge in [0.2, 0.25) is 0 Å². The van der Waals surface area contributed by atoms with E-state index in [-0.39, 0.29) is 24.0 Å². The number of aromatic nitrogens is 2. The van der Waals surface area contributed by atoms with E-state index in [0.29, 0.717) is 35.5 Å². The first kappa shape index (κ1) is 22.4. The lowest BCUT2D eigenvalue weighted by Gasteiger charge is -2.48. The molecule has 0 spiro atoms. The summed E-state index contributed by atoms with van der Waals surface area (Å²) in [5.74, 6) is -0.132. The van der Waals surface area contributed by atoms with Gasteiger partial charge in [-0.1, -0.05) is 53.5 Å². The minimum absolute atomic E-state index is 0.0663. The van der Waals surface area contributed by atoms with Crippen LogP contribution < -0.4 is 5.32 Å². The zero-order chi connectivity index (χ0) is 22.9. The lowest BCUT2D eigenvalue weighted by Crippen LogP contribution is -2.60. The zero-order valence-corrected chi connectivity index (χ0v) is 19.7. The van der Waals surface area contributed by atoms with Gasteiger partial charge in [-0.25, -0.2) is 0 Å². The summed E-state index contributed by atoms with van der Waals surface area (Å²) in [5.41, 5.74) is 2.45. The van der Waals surface area contributed by atoms with E-state index in [1.165, 1.54) is 0 Å². The molecule has 2 fully saturated rings. The summed E-state index contributed by atoms with van der Waals surface area (Å²) in [6, 6.07) is 13.9. The van der Waals surface area contributed by atoms with Crippen LogP contribution in [0.5, 0.6) is 0 Å². The Kier molecular flexibility index (Phi) is 6.43. The second-order valence-corrected chi connectivity index (χ2v) is 9.58. The van der Waals surface area contributed by atoms with Gasteiger partial charge in [0.1, 0.15) is 0 Å². The number of para-hydroxylation sites is 1. The highest BCUT2D eigenvalue weighted by Crippen LogP contribution is 2.32. The molecule has 172 valence electrons. The van der Waals surface area contributed by atoms with E-state index < -0.39 is 0 Å². The number of carbonyl (C=O) groups excluding carboxylic acids is 1. The number of hydrogen-bond acceptors (Lipinski definition) is 4. The van der Waals surface area contributed by atoms with Crippen LogP contribution in [0.25, 0.3) is 10.9 Å². The van der Waals surface area contributed by atoms with Crippen molar-refractivity contribution in [1.82, 2.24) is 20.0 Å². The molecule has 3 aromatic rings. The monoisotopic (exact) mass is 484 g/mol. The van der Waals surface area contributed by atoms with E-state index >= 15 is 0 Å². The number of piperidine rings is 1. The first-order valence-corrected chi connectivity index (χ1v) is 11.9. The normalized spacial score (nSPS) is 22.9. The molecular weight excluding hydrogens is 459 g/mol. The lowest BCUT2D eigenvalue weighted by atomic mass is 9.89. The topological polar surface area (TPSA) is 59.4 Å². The summed E-state index contributed by atoms with van der Waals surface area (Å²) >= 11 is 12.5. The van der Waals surface area contributed by atoms with Crippen LogP contribution in [0.15, 0.2) is 55.1 Å². The Morgan fingerprint density at radius 2 is 1.94 bits per heavy atom. The maximum atomic E-state index is 13.2. The summed E-state index contributed by atoms with van der Waals surface area (Å²) in [6.45, 7) is 6.38. The molecule has 1 N–H and O–H groups in total. The van der Waals surface area contributed by atoms with Gasteiger partial charge in [0, 0.05) is 40.1 Å². The Morgan fingerprint density at radius 3 is 2.67 bits per heavy atom. The van der Waals surface area contributed by atoms with Gasteiger partial charge >= 0.3 is 0 Å². The molecule has 8 heteroatoms. The molecule has 2 aromatic carbocycles. The molecule has 0 aliphatic carbocycles. The molecule has 2 unspecified atom stereocenters. The van der Waals surface area contributed by atoms with Crippen molar-refractivity contribution in [2.75, 3.05) is 13.2 Å². The second-order valence-electron chi connectivity index (χ2n) is 8.73. The summed E-state index contributed by atoms with van der Waals surface area (Å²) in [4.78, 5) is 15.7. The van der Waals surface area contributed by atoms with Crippen LogP contribution in [-0.4, -0.2) is 51.9 Å². The standard InChI is InChI=1S/C25H26Cl2N4O2/c1-2-9-31-23-6-4-3-5-21(23)24(29-31)25(32)28-18-11-19-14-33-15-20(12-18)30(19)13-16-7-8-17(26)10-22(16)27/h2-8,10,18-20H,1,9,11-15H2,(H,28,32). The maximum absolute atomic E-state index is 13.2. The summed E-state index contributed by atoms with van der Waals surface area (Å²) < 4.78 is 7.66. The number of allylic oxidation sites excluding steroid dienone is 1. The molecule has 2 aliphatic heterocycles. The van der Waals surface area contributed by atoms with Gasteiger partial charge in [0.15, 0.2) is 5.69 Å². The van der Waals surface area contributed by atoms with Crippen molar-refractivity contribution in [3.05, 3.63) is 76.4 Å². The van der Waals surface area contributed by atoms with Gasteiger partial charge in [-0.15, -0.1) is 6.58 Å². The summed E-state index contributed by atoms with van der Waals surface area (Å²) in [6.07, 6.45) is 3.42. The number of hydrogen-bond donors (Lipinski definition) is 1. The fourth-order valence-electron chi connectivity index (χ4n) is 5.02. The highest BCUT2D eigenvalue weighted by Gasteiger charge is 2.40. The Hall–Kier alpha value is -2.38. The number of fused-ring (bicyclic) bond motifs is 3. The SMILES string of the molecule is C=CCn1nc(C(=O)NC2CC3COCC(C2)N3Cc2ccc(Cl)cc2Cl)c2ccccc21. The second kappa shape index (κ2) is 9.47. The van der Waals surface area contributed by atoms with Crippen LogP contribution in [0, 0.1) is 0 Å². The molecule has 33 heavy (non-hydrogen) atoms. The van der Waals surface area contributed by atoms with Crippen LogP contribution in [0.1, 0.15) is 28.9 Å². The van der Waals surface area contributed by atoms with E-state index in [1.807, 2.05) is 41.1 Å². The third-order valence-electron chi connectivity index (χ3n) is 6.55. The van der Waals surface area contributed by atoms with Crippen molar-refractivity contribution < 1.29 is 9.53 Å². The van der Waals surface area contributed by atoms with Crippen LogP contribution in [0.3, 0.4) is 0 Å². The van der Waals surface area contributed by atoms with Crippen LogP contribution in [0.2, 0.25) is 10.0 Å². The Balaban J connectivity index is 1.31. The smallest absolute Gasteiger partial charge is 0.272 e. The van der Waals surface area contributed by atoms with Crippen LogP contribution in [-0.2, 0) is 17.8 Å². The van der Waals surface area contributed by atoms with Crippen LogP contribution in [0.4, 0.5) is 0 Å². The third kappa shape index (κ3) is 4.53. The predicted molar refractivity (Wildman–Crippen MR) is 131 cm³/mol. The third-order valence-corrected chi connectivity index (χ3v) is 7.14. The molecule has 1 aromatic heterocycles. The van der Waals surface area contributed by atoms with Crippen molar-refractivity contribution in [2.45, 2.75) is 44.1 Å². The molecule has 2 atom stereocenters. The first-order chi connectivity index (χ1) is 16.0. The fraction of sp³-hybridized carbons (Fsp3) is 0.360. The van der Waals surface area contributed by atoms with Crippen molar-refractivity contribution in [1.29, 1.82) is 0 Å². The van der Waals surface area contributed by atoms with Gasteiger partial charge in [-0.2, -0.15) is 5.10 Å². The number of benzene rings is 2. The van der Waals surface area contributed by atoms with Gasteiger partial charge in [-0.3, -0.25) is 14.4 Å². The molecule has 0 radical (unpaired) electrons. The van der Waals surface area contributed by atoms with E-state index in [0.717, 1.165) is 35.9 Å². The average molecular weight is 485 g/mol. The minimum atomic E-state index is -0.132. The van der Waals surface area contributed by atoms with Crippen molar-refractivity contribution >= 4 is 40.0 Å². The van der Waals surface area contributed by atoms with Gasteiger partial charge in [0.05, 0.1) is 25.3 Å². The van der Waals surface area contributed by atoms with Gasteiger partial charge < -0.3 is 10.1 Å². The largest absolute Gasteiger partial charge is 0.378 e. The first-order valence-electron chi connectivity index (χ1n) is 11.2. The van der Waals surface area contributed by atoms with Crippen molar-refractivity contribution in [2.24, 2.45) is 0 Å². The highest BCUT2D eigenvalue weighted by molar-refractivity contribution is 6.35. The Morgan fingerprint density at radius 1 is 1.18 bits per heavy atom. The van der Waals surface area contributed by atoms with Crippen LogP contribution >= 0.6 is 23.2 Å². The van der Waals surface area contributed by atoms with Gasteiger partial charge in [0.25, 0.3) is 5.91 Å². The number of nitrogens with zero attached hydrogens (tertiary/aromatic N) is 3. The van der Waals surface area contributed by atoms with E-state index in [2.05, 4.69) is 21.9 Å². The number of ether oxygens (including phenoxy) is 1. The van der Waals surface area contributed by atoms with E-state index in [4.69, 9.17) is 27.9 Å². The predicted octanol–water partition coefficient (Wildman–Crippen LogP) is 4.69. The quantitative estimate of drug-likeness (QED) is 0.515. The minimum Gasteiger partial charge on any atom is -0.378 e. The molecule has 5 rings (SSSR count). The molecule has 1 amide bonds. The van der Waals surface area contributed by atoms with E-state index in [9.17, 15) is 4.79 Å². The molecule has 6 nitrogen and oxygen atoms in total. The van der Waals surface area contributed by atoms with Crippen molar-refractivity contribution in [3.8, 4) is 0 Å². The van der Waals surface area contributed by atoms with E-state index in [1.54, 1.807) is 12.1 Å². The molecule has 2 aliphatic rings. The fourth-order valence-corrected chi connectivity index (χ4v) is 5.49. The number of halogens is 2. The average Bonchev–Trinajstić information content (AvgIpc) is 3.15. The lowest BCUT2D eigenvalue weighted by molar-refractivity contribution is -0.0843. The molecular formula is C25H26Cl2N4O2. The van der Waals surface area contributed by atoms with Crippen molar-refractivity contribution in [3.63, 3.8) is 0 Å². The molecule has 2 bridgehead atoms. The summed E-state index contributed by atoms with van der Waals surface area (Å²) in [5, 5.41) is 10.00. The number of carbonyl (C=O) groups is 1. The number of rotatable bonds is 6. The molecule has 2 saturated heterocycles. The number of amides is 1. The summed E-state index contributed by atoms with van der Waals surface area (Å²) in [7, 11) is 0. The highest BCUT2D eigenvalue weighted by atomic mass is 35.5.